The predicted octanol–water partition coefficient (Wildman–Crippen LogP) is 0.288. The number of likely N-dealkylation sites (N-methyl/N-ethyl adjacent to an activating group) is 1. The van der Waals surface area contributed by atoms with E-state index in [0.717, 1.165) is 12.4 Å². The second-order valence-corrected chi connectivity index (χ2v) is 3.41. The third-order valence-corrected chi connectivity index (χ3v) is 2.07. The lowest BCUT2D eigenvalue weighted by Crippen LogP contribution is -2.24. The standard InChI is InChI=1S/C10H18N4O2/c1-14(4-5-15-2)10-6-8(11)12-9(13-10)7-16-3/h6H,4-5,7H2,1-3H3,(H2,11,12,13). The summed E-state index contributed by atoms with van der Waals surface area (Å²) in [5.41, 5.74) is 5.69. The van der Waals surface area contributed by atoms with Gasteiger partial charge in [0.25, 0.3) is 0 Å². The van der Waals surface area contributed by atoms with Crippen molar-refractivity contribution in [3.8, 4) is 0 Å². The molecule has 16 heavy (non-hydrogen) atoms. The molecular formula is C10H18N4O2. The first-order valence-corrected chi connectivity index (χ1v) is 4.99. The van der Waals surface area contributed by atoms with Crippen LogP contribution in [0.5, 0.6) is 0 Å². The van der Waals surface area contributed by atoms with Crippen molar-refractivity contribution in [3.05, 3.63) is 11.9 Å². The summed E-state index contributed by atoms with van der Waals surface area (Å²) in [6.07, 6.45) is 0. The molecule has 90 valence electrons. The molecule has 0 amide bonds. The van der Waals surface area contributed by atoms with E-state index in [-0.39, 0.29) is 0 Å². The Balaban J connectivity index is 2.78. The number of rotatable bonds is 6. The SMILES string of the molecule is COCCN(C)c1cc(N)nc(COC)n1. The van der Waals surface area contributed by atoms with E-state index >= 15 is 0 Å². The second kappa shape index (κ2) is 6.24. The van der Waals surface area contributed by atoms with Gasteiger partial charge in [-0.2, -0.15) is 0 Å². The quantitative estimate of drug-likeness (QED) is 0.751. The number of ether oxygens (including phenoxy) is 2. The summed E-state index contributed by atoms with van der Waals surface area (Å²) >= 11 is 0. The molecule has 2 N–H and O–H groups in total. The third kappa shape index (κ3) is 3.63. The lowest BCUT2D eigenvalue weighted by molar-refractivity contribution is 0.178. The van der Waals surface area contributed by atoms with Crippen molar-refractivity contribution in [1.82, 2.24) is 9.97 Å². The molecule has 1 aromatic rings. The molecule has 6 nitrogen and oxygen atoms in total. The van der Waals surface area contributed by atoms with E-state index < -0.39 is 0 Å². The number of nitrogens with zero attached hydrogens (tertiary/aromatic N) is 3. The highest BCUT2D eigenvalue weighted by Gasteiger charge is 2.06. The van der Waals surface area contributed by atoms with E-state index in [1.807, 2.05) is 11.9 Å². The fourth-order valence-electron chi connectivity index (χ4n) is 1.24. The Labute approximate surface area is 95.4 Å². The van der Waals surface area contributed by atoms with Crippen LogP contribution < -0.4 is 10.6 Å². The largest absolute Gasteiger partial charge is 0.384 e. The van der Waals surface area contributed by atoms with E-state index in [4.69, 9.17) is 15.2 Å². The number of methoxy groups -OCH3 is 2. The third-order valence-electron chi connectivity index (χ3n) is 2.07. The van der Waals surface area contributed by atoms with Gasteiger partial charge in [-0.3, -0.25) is 0 Å². The highest BCUT2D eigenvalue weighted by Crippen LogP contribution is 2.12. The van der Waals surface area contributed by atoms with Gasteiger partial charge in [-0.25, -0.2) is 9.97 Å². The van der Waals surface area contributed by atoms with Crippen LogP contribution in [0.15, 0.2) is 6.07 Å². The van der Waals surface area contributed by atoms with Gasteiger partial charge in [-0.05, 0) is 0 Å². The molecule has 0 saturated heterocycles. The van der Waals surface area contributed by atoms with Crippen LogP contribution in [0.1, 0.15) is 5.82 Å². The molecular weight excluding hydrogens is 208 g/mol. The first-order valence-electron chi connectivity index (χ1n) is 4.99. The van der Waals surface area contributed by atoms with E-state index in [1.54, 1.807) is 20.3 Å². The Morgan fingerprint density at radius 1 is 1.31 bits per heavy atom. The number of anilines is 2. The minimum Gasteiger partial charge on any atom is -0.384 e. The monoisotopic (exact) mass is 226 g/mol. The molecule has 0 atom stereocenters. The van der Waals surface area contributed by atoms with Crippen molar-refractivity contribution in [3.63, 3.8) is 0 Å². The second-order valence-electron chi connectivity index (χ2n) is 3.41. The highest BCUT2D eigenvalue weighted by atomic mass is 16.5. The maximum atomic E-state index is 5.69. The Hall–Kier alpha value is -1.40. The number of aromatic nitrogens is 2. The lowest BCUT2D eigenvalue weighted by Gasteiger charge is -2.18. The minimum absolute atomic E-state index is 0.357. The molecule has 0 spiro atoms. The van der Waals surface area contributed by atoms with Gasteiger partial charge in [-0.15, -0.1) is 0 Å². The molecule has 0 aliphatic heterocycles. The molecule has 0 unspecified atom stereocenters. The van der Waals surface area contributed by atoms with Crippen molar-refractivity contribution in [2.75, 3.05) is 45.1 Å². The Morgan fingerprint density at radius 3 is 2.69 bits per heavy atom. The Morgan fingerprint density at radius 2 is 2.06 bits per heavy atom. The van der Waals surface area contributed by atoms with Crippen molar-refractivity contribution < 1.29 is 9.47 Å². The molecule has 1 aromatic heterocycles. The van der Waals surface area contributed by atoms with Gasteiger partial charge in [-0.1, -0.05) is 0 Å². The summed E-state index contributed by atoms with van der Waals surface area (Å²) in [5, 5.41) is 0. The molecule has 0 aromatic carbocycles. The molecule has 0 aliphatic carbocycles. The maximum Gasteiger partial charge on any atom is 0.158 e. The molecule has 0 bridgehead atoms. The molecule has 0 radical (unpaired) electrons. The summed E-state index contributed by atoms with van der Waals surface area (Å²) in [7, 11) is 5.19. The Kier molecular flexibility index (Phi) is 4.94. The van der Waals surface area contributed by atoms with Gasteiger partial charge >= 0.3 is 0 Å². The van der Waals surface area contributed by atoms with E-state index in [0.29, 0.717) is 24.9 Å². The van der Waals surface area contributed by atoms with Crippen LogP contribution in [0.3, 0.4) is 0 Å². The van der Waals surface area contributed by atoms with E-state index in [1.165, 1.54) is 0 Å². The normalized spacial score (nSPS) is 10.4. The van der Waals surface area contributed by atoms with Crippen molar-refractivity contribution in [2.24, 2.45) is 0 Å². The summed E-state index contributed by atoms with van der Waals surface area (Å²) in [6, 6.07) is 1.73. The molecule has 0 saturated carbocycles. The lowest BCUT2D eigenvalue weighted by atomic mass is 10.4. The minimum atomic E-state index is 0.357. The average molecular weight is 226 g/mol. The van der Waals surface area contributed by atoms with Crippen LogP contribution in [0.25, 0.3) is 0 Å². The summed E-state index contributed by atoms with van der Waals surface area (Å²) in [5.74, 6) is 1.81. The number of hydrogen-bond donors (Lipinski definition) is 1. The zero-order valence-corrected chi connectivity index (χ0v) is 9.93. The van der Waals surface area contributed by atoms with Crippen LogP contribution in [0, 0.1) is 0 Å². The summed E-state index contributed by atoms with van der Waals surface area (Å²) in [6.45, 7) is 1.75. The summed E-state index contributed by atoms with van der Waals surface area (Å²) < 4.78 is 9.98. The zero-order chi connectivity index (χ0) is 12.0. The van der Waals surface area contributed by atoms with Gasteiger partial charge in [0.2, 0.25) is 0 Å². The van der Waals surface area contributed by atoms with Crippen molar-refractivity contribution >= 4 is 11.6 Å². The smallest absolute Gasteiger partial charge is 0.158 e. The van der Waals surface area contributed by atoms with Crippen LogP contribution in [-0.2, 0) is 16.1 Å². The fraction of sp³-hybridized carbons (Fsp3) is 0.600. The Bertz CT molecular complexity index is 333. The molecule has 6 heteroatoms. The summed E-state index contributed by atoms with van der Waals surface area (Å²) in [4.78, 5) is 10.4. The molecule has 1 rings (SSSR count). The van der Waals surface area contributed by atoms with Gasteiger partial charge < -0.3 is 20.1 Å². The maximum absolute atomic E-state index is 5.69. The van der Waals surface area contributed by atoms with Gasteiger partial charge in [0.05, 0.1) is 6.61 Å². The predicted molar refractivity (Wildman–Crippen MR) is 62.3 cm³/mol. The fourth-order valence-corrected chi connectivity index (χ4v) is 1.24. The highest BCUT2D eigenvalue weighted by molar-refractivity contribution is 5.46. The van der Waals surface area contributed by atoms with Crippen molar-refractivity contribution in [1.29, 1.82) is 0 Å². The number of nitrogens with two attached hydrogens (primary N) is 1. The molecule has 0 aliphatic rings. The van der Waals surface area contributed by atoms with E-state index in [2.05, 4.69) is 9.97 Å². The zero-order valence-electron chi connectivity index (χ0n) is 9.93. The number of hydrogen-bond acceptors (Lipinski definition) is 6. The van der Waals surface area contributed by atoms with Crippen LogP contribution in [-0.4, -0.2) is 44.4 Å². The van der Waals surface area contributed by atoms with Gasteiger partial charge in [0.15, 0.2) is 5.82 Å². The number of nitrogen functional groups attached to an aromatic ring is 1. The van der Waals surface area contributed by atoms with Crippen LogP contribution in [0.2, 0.25) is 0 Å². The topological polar surface area (TPSA) is 73.5 Å². The molecule has 1 heterocycles. The van der Waals surface area contributed by atoms with Gasteiger partial charge in [0, 0.05) is 33.9 Å². The first-order chi connectivity index (χ1) is 7.67. The molecule has 0 fully saturated rings. The first kappa shape index (κ1) is 12.7. The van der Waals surface area contributed by atoms with Crippen LogP contribution >= 0.6 is 0 Å². The van der Waals surface area contributed by atoms with Crippen molar-refractivity contribution in [2.45, 2.75) is 6.61 Å². The van der Waals surface area contributed by atoms with Crippen LogP contribution in [0.4, 0.5) is 11.6 Å². The van der Waals surface area contributed by atoms with Gasteiger partial charge in [0.1, 0.15) is 18.2 Å². The average Bonchev–Trinajstić information content (AvgIpc) is 2.25. The van der Waals surface area contributed by atoms with E-state index in [9.17, 15) is 0 Å².